The van der Waals surface area contributed by atoms with Crippen LogP contribution in [-0.2, 0) is 14.3 Å². The smallest absolute Gasteiger partial charge is 0.407 e. The number of ether oxygens (including phenoxy) is 1. The van der Waals surface area contributed by atoms with Crippen molar-refractivity contribution in [3.63, 3.8) is 0 Å². The minimum atomic E-state index is -1.53. The van der Waals surface area contributed by atoms with Gasteiger partial charge in [-0.1, -0.05) is 62.4 Å². The van der Waals surface area contributed by atoms with Crippen molar-refractivity contribution in [1.29, 1.82) is 0 Å². The lowest BCUT2D eigenvalue weighted by atomic mass is 9.92. The average molecular weight is 483 g/mol. The maximum atomic E-state index is 12.5. The molecule has 8 nitrogen and oxygen atoms in total. The zero-order chi connectivity index (χ0) is 25.6. The molecule has 0 radical (unpaired) electrons. The van der Waals surface area contributed by atoms with Crippen LogP contribution in [0, 0.1) is 11.8 Å². The van der Waals surface area contributed by atoms with Gasteiger partial charge in [0.15, 0.2) is 0 Å². The van der Waals surface area contributed by atoms with Gasteiger partial charge in [0.1, 0.15) is 6.61 Å². The molecule has 2 amide bonds. The van der Waals surface area contributed by atoms with E-state index in [0.29, 0.717) is 0 Å². The summed E-state index contributed by atoms with van der Waals surface area (Å²) < 4.78 is 5.56. The molecule has 4 N–H and O–H groups in total. The minimum Gasteiger partial charge on any atom is -0.481 e. The summed E-state index contributed by atoms with van der Waals surface area (Å²) >= 11 is 0. The zero-order valence-electron chi connectivity index (χ0n) is 20.4. The maximum Gasteiger partial charge on any atom is 0.407 e. The third-order valence-corrected chi connectivity index (χ3v) is 6.44. The lowest BCUT2D eigenvalue weighted by Gasteiger charge is -2.24. The fourth-order valence-corrected chi connectivity index (χ4v) is 4.40. The van der Waals surface area contributed by atoms with Gasteiger partial charge >= 0.3 is 12.1 Å². The molecule has 2 aromatic rings. The number of amides is 2. The van der Waals surface area contributed by atoms with Crippen LogP contribution in [0.3, 0.4) is 0 Å². The summed E-state index contributed by atoms with van der Waals surface area (Å²) in [4.78, 5) is 35.6. The van der Waals surface area contributed by atoms with Gasteiger partial charge in [0.2, 0.25) is 5.91 Å². The molecule has 3 rings (SSSR count). The summed E-state index contributed by atoms with van der Waals surface area (Å²) in [6.45, 7) is 5.58. The number of carbonyl (C=O) groups excluding carboxylic acids is 2. The number of carboxylic acid groups (broad SMARTS) is 1. The van der Waals surface area contributed by atoms with Crippen LogP contribution < -0.4 is 10.6 Å². The third-order valence-electron chi connectivity index (χ3n) is 6.44. The first-order valence-corrected chi connectivity index (χ1v) is 11.9. The van der Waals surface area contributed by atoms with Crippen molar-refractivity contribution in [2.75, 3.05) is 19.7 Å². The third kappa shape index (κ3) is 7.05. The van der Waals surface area contributed by atoms with Gasteiger partial charge in [-0.25, -0.2) is 4.79 Å². The molecule has 0 spiro atoms. The first-order chi connectivity index (χ1) is 16.6. The van der Waals surface area contributed by atoms with Crippen LogP contribution in [0.2, 0.25) is 0 Å². The Balaban J connectivity index is 1.50. The summed E-state index contributed by atoms with van der Waals surface area (Å²) in [7, 11) is 0. The molecule has 2 atom stereocenters. The molecule has 1 aliphatic carbocycles. The Bertz CT molecular complexity index is 1020. The van der Waals surface area contributed by atoms with E-state index in [1.165, 1.54) is 6.92 Å². The van der Waals surface area contributed by atoms with Crippen molar-refractivity contribution in [3.8, 4) is 11.1 Å². The molecule has 8 heteroatoms. The summed E-state index contributed by atoms with van der Waals surface area (Å²) in [5.74, 6) is -1.53. The van der Waals surface area contributed by atoms with Crippen LogP contribution in [0.1, 0.15) is 50.7 Å². The number of fused-ring (bicyclic) bond motifs is 3. The van der Waals surface area contributed by atoms with Crippen LogP contribution >= 0.6 is 0 Å². The van der Waals surface area contributed by atoms with Crippen molar-refractivity contribution >= 4 is 18.0 Å². The van der Waals surface area contributed by atoms with Crippen molar-refractivity contribution < 1.29 is 29.3 Å². The minimum absolute atomic E-state index is 0.0292. The molecule has 0 saturated heterocycles. The molecule has 0 aromatic heterocycles. The second-order valence-electron chi connectivity index (χ2n) is 9.76. The Hall–Kier alpha value is -3.39. The summed E-state index contributed by atoms with van der Waals surface area (Å²) in [5.41, 5.74) is 3.05. The van der Waals surface area contributed by atoms with Crippen LogP contribution in [0.4, 0.5) is 4.79 Å². The van der Waals surface area contributed by atoms with Gasteiger partial charge in [-0.05, 0) is 41.0 Å². The van der Waals surface area contributed by atoms with Crippen LogP contribution in [0.15, 0.2) is 48.5 Å². The number of carbonyl (C=O) groups is 3. The number of benzene rings is 2. The Labute approximate surface area is 205 Å². The van der Waals surface area contributed by atoms with Gasteiger partial charge < -0.3 is 25.6 Å². The molecule has 1 aliphatic rings. The van der Waals surface area contributed by atoms with E-state index < -0.39 is 24.1 Å². The maximum absolute atomic E-state index is 12.5. The van der Waals surface area contributed by atoms with Crippen LogP contribution in [-0.4, -0.2) is 53.5 Å². The van der Waals surface area contributed by atoms with E-state index in [9.17, 15) is 19.5 Å². The first-order valence-electron chi connectivity index (χ1n) is 11.9. The fraction of sp³-hybridized carbons (Fsp3) is 0.444. The van der Waals surface area contributed by atoms with Gasteiger partial charge in [0, 0.05) is 25.4 Å². The van der Waals surface area contributed by atoms with E-state index in [2.05, 4.69) is 34.9 Å². The highest BCUT2D eigenvalue weighted by Gasteiger charge is 2.29. The molecular weight excluding hydrogens is 448 g/mol. The quantitative estimate of drug-likeness (QED) is 0.388. The largest absolute Gasteiger partial charge is 0.481 e. The molecule has 188 valence electrons. The molecule has 0 aliphatic heterocycles. The van der Waals surface area contributed by atoms with E-state index in [1.54, 1.807) is 0 Å². The molecule has 0 saturated carbocycles. The van der Waals surface area contributed by atoms with Gasteiger partial charge in [-0.3, -0.25) is 9.59 Å². The Morgan fingerprint density at radius 2 is 1.57 bits per heavy atom. The second kappa shape index (κ2) is 11.4. The lowest BCUT2D eigenvalue weighted by molar-refractivity contribution is -0.142. The number of aliphatic carboxylic acids is 1. The topological polar surface area (TPSA) is 125 Å². The number of carboxylic acids is 1. The summed E-state index contributed by atoms with van der Waals surface area (Å²) in [6.07, 6.45) is -0.878. The molecule has 0 heterocycles. The van der Waals surface area contributed by atoms with Gasteiger partial charge in [-0.2, -0.15) is 0 Å². The molecule has 0 bridgehead atoms. The monoisotopic (exact) mass is 482 g/mol. The number of hydrogen-bond acceptors (Lipinski definition) is 5. The molecular formula is C27H34N2O6. The zero-order valence-corrected chi connectivity index (χ0v) is 20.4. The van der Waals surface area contributed by atoms with E-state index in [0.717, 1.165) is 22.3 Å². The Morgan fingerprint density at radius 3 is 2.11 bits per heavy atom. The van der Waals surface area contributed by atoms with Gasteiger partial charge in [0.05, 0.1) is 12.0 Å². The average Bonchev–Trinajstić information content (AvgIpc) is 3.12. The molecule has 35 heavy (non-hydrogen) atoms. The molecule has 0 fully saturated rings. The predicted octanol–water partition coefficient (Wildman–Crippen LogP) is 3.53. The molecule has 2 unspecified atom stereocenters. The number of nitrogens with one attached hydrogen (secondary N) is 2. The molecule has 2 aromatic carbocycles. The fourth-order valence-electron chi connectivity index (χ4n) is 4.40. The summed E-state index contributed by atoms with van der Waals surface area (Å²) in [5, 5.41) is 24.3. The normalized spacial score (nSPS) is 15.0. The van der Waals surface area contributed by atoms with E-state index >= 15 is 0 Å². The standard InChI is InChI=1S/C27H34N2O6/c1-17(2)18(12-24(30)29-16-27(3,34)13-25(31)32)14-28-26(33)35-15-23-21-10-6-4-8-19(21)20-9-5-7-11-22(20)23/h4-11,17-18,23,34H,12-16H2,1-3H3,(H,28,33)(H,29,30)(H,31,32). The van der Waals surface area contributed by atoms with Crippen molar-refractivity contribution in [3.05, 3.63) is 59.7 Å². The highest BCUT2D eigenvalue weighted by molar-refractivity contribution is 5.79. The van der Waals surface area contributed by atoms with Crippen molar-refractivity contribution in [2.45, 2.75) is 45.1 Å². The lowest BCUT2D eigenvalue weighted by Crippen LogP contribution is -2.43. The highest BCUT2D eigenvalue weighted by atomic mass is 16.5. The number of rotatable bonds is 11. The van der Waals surface area contributed by atoms with E-state index in [4.69, 9.17) is 9.84 Å². The second-order valence-corrected chi connectivity index (χ2v) is 9.76. The van der Waals surface area contributed by atoms with E-state index in [1.807, 2.05) is 38.1 Å². The van der Waals surface area contributed by atoms with Crippen LogP contribution in [0.5, 0.6) is 0 Å². The van der Waals surface area contributed by atoms with Gasteiger partial charge in [0.25, 0.3) is 0 Å². The van der Waals surface area contributed by atoms with Gasteiger partial charge in [-0.15, -0.1) is 0 Å². The van der Waals surface area contributed by atoms with E-state index in [-0.39, 0.29) is 49.8 Å². The number of aliphatic hydroxyl groups is 1. The predicted molar refractivity (Wildman–Crippen MR) is 132 cm³/mol. The summed E-state index contributed by atoms with van der Waals surface area (Å²) in [6, 6.07) is 16.2. The Kier molecular flexibility index (Phi) is 8.51. The SMILES string of the molecule is CC(C)C(CNC(=O)OCC1c2ccccc2-c2ccccc21)CC(=O)NCC(C)(O)CC(=O)O. The van der Waals surface area contributed by atoms with Crippen molar-refractivity contribution in [1.82, 2.24) is 10.6 Å². The Morgan fingerprint density at radius 1 is 1.00 bits per heavy atom. The van der Waals surface area contributed by atoms with Crippen LogP contribution in [0.25, 0.3) is 11.1 Å². The highest BCUT2D eigenvalue weighted by Crippen LogP contribution is 2.44. The first kappa shape index (κ1) is 26.2. The number of hydrogen-bond donors (Lipinski definition) is 4. The number of alkyl carbamates (subject to hydrolysis) is 1. The van der Waals surface area contributed by atoms with Crippen molar-refractivity contribution in [2.24, 2.45) is 11.8 Å².